The first-order valence-electron chi connectivity index (χ1n) is 8.46. The van der Waals surface area contributed by atoms with E-state index in [2.05, 4.69) is 27.4 Å². The molecule has 22 heavy (non-hydrogen) atoms. The maximum absolute atomic E-state index is 6.01. The van der Waals surface area contributed by atoms with Crippen molar-refractivity contribution in [1.29, 1.82) is 0 Å². The van der Waals surface area contributed by atoms with E-state index in [0.29, 0.717) is 5.25 Å². The Kier molecular flexibility index (Phi) is 4.35. The van der Waals surface area contributed by atoms with E-state index in [1.165, 1.54) is 37.9 Å². The van der Waals surface area contributed by atoms with Gasteiger partial charge in [0.15, 0.2) is 5.65 Å². The molecule has 0 amide bonds. The third-order valence-corrected chi connectivity index (χ3v) is 6.04. The first kappa shape index (κ1) is 14.5. The number of imidazole rings is 1. The maximum atomic E-state index is 6.01. The third kappa shape index (κ3) is 2.88. The van der Waals surface area contributed by atoms with Crippen molar-refractivity contribution < 1.29 is 4.74 Å². The minimum atomic E-state index is 0.150. The van der Waals surface area contributed by atoms with E-state index in [1.54, 1.807) is 0 Å². The minimum Gasteiger partial charge on any atom is -0.370 e. The average molecular weight is 317 g/mol. The second kappa shape index (κ2) is 6.59. The summed E-state index contributed by atoms with van der Waals surface area (Å²) in [4.78, 5) is 9.47. The summed E-state index contributed by atoms with van der Waals surface area (Å²) < 4.78 is 8.35. The zero-order valence-electron chi connectivity index (χ0n) is 12.9. The van der Waals surface area contributed by atoms with Gasteiger partial charge in [-0.15, -0.1) is 0 Å². The lowest BCUT2D eigenvalue weighted by Crippen LogP contribution is -2.22. The normalized spacial score (nSPS) is 26.4. The van der Waals surface area contributed by atoms with Crippen molar-refractivity contribution in [2.24, 2.45) is 0 Å². The molecule has 4 nitrogen and oxygen atoms in total. The van der Waals surface area contributed by atoms with Crippen LogP contribution in [0, 0.1) is 0 Å². The van der Waals surface area contributed by atoms with Gasteiger partial charge in [0, 0.05) is 24.6 Å². The predicted octanol–water partition coefficient (Wildman–Crippen LogP) is 3.96. The molecular formula is C17H23N3OS. The summed E-state index contributed by atoms with van der Waals surface area (Å²) in [6.07, 6.45) is 9.54. The number of ether oxygens (including phenoxy) is 1. The number of hydrogen-bond acceptors (Lipinski definition) is 4. The Morgan fingerprint density at radius 2 is 2.18 bits per heavy atom. The highest BCUT2D eigenvalue weighted by Crippen LogP contribution is 2.32. The van der Waals surface area contributed by atoms with Crippen LogP contribution in [0.3, 0.4) is 0 Å². The van der Waals surface area contributed by atoms with E-state index in [-0.39, 0.29) is 6.10 Å². The molecule has 0 saturated carbocycles. The smallest absolute Gasteiger partial charge is 0.160 e. The molecule has 5 heteroatoms. The van der Waals surface area contributed by atoms with E-state index < -0.39 is 0 Å². The van der Waals surface area contributed by atoms with E-state index in [9.17, 15) is 0 Å². The molecule has 0 bridgehead atoms. The Balaban J connectivity index is 1.69. The quantitative estimate of drug-likeness (QED) is 0.859. The number of thioether (sulfide) groups is 1. The molecule has 0 spiro atoms. The molecule has 2 aliphatic rings. The molecule has 2 aromatic rings. The predicted molar refractivity (Wildman–Crippen MR) is 90.2 cm³/mol. The summed E-state index contributed by atoms with van der Waals surface area (Å²) in [6, 6.07) is 4.04. The fraction of sp³-hybridized carbons (Fsp3) is 0.647. The number of nitrogens with zero attached hydrogens (tertiary/aromatic N) is 3. The number of pyridine rings is 1. The molecule has 118 valence electrons. The third-order valence-electron chi connectivity index (χ3n) is 4.66. The molecule has 2 atom stereocenters. The Hall–Kier alpha value is -1.07. The van der Waals surface area contributed by atoms with Gasteiger partial charge in [-0.25, -0.2) is 9.97 Å². The molecule has 2 fully saturated rings. The highest BCUT2D eigenvalue weighted by atomic mass is 32.2. The fourth-order valence-corrected chi connectivity index (χ4v) is 4.79. The molecule has 2 aromatic heterocycles. The molecule has 0 N–H and O–H groups in total. The first-order valence-corrected chi connectivity index (χ1v) is 9.51. The fourth-order valence-electron chi connectivity index (χ4n) is 3.50. The van der Waals surface area contributed by atoms with Crippen molar-refractivity contribution in [2.45, 2.75) is 56.4 Å². The van der Waals surface area contributed by atoms with Crippen molar-refractivity contribution in [3.8, 4) is 0 Å². The Morgan fingerprint density at radius 3 is 3.00 bits per heavy atom. The maximum Gasteiger partial charge on any atom is 0.160 e. The highest BCUT2D eigenvalue weighted by Gasteiger charge is 2.25. The van der Waals surface area contributed by atoms with Crippen LogP contribution in [0.15, 0.2) is 18.3 Å². The SMILES string of the molecule is c1cnc2c(c1)nc(C1CCCCO1)n2CC1CCCCS1. The Labute approximate surface area is 135 Å². The van der Waals surface area contributed by atoms with Gasteiger partial charge in [0.05, 0.1) is 0 Å². The van der Waals surface area contributed by atoms with Gasteiger partial charge in [-0.05, 0) is 50.0 Å². The molecule has 0 aliphatic carbocycles. The molecule has 2 unspecified atom stereocenters. The van der Waals surface area contributed by atoms with Crippen LogP contribution < -0.4 is 0 Å². The summed E-state index contributed by atoms with van der Waals surface area (Å²) in [5, 5.41) is 0.690. The molecule has 2 saturated heterocycles. The van der Waals surface area contributed by atoms with Gasteiger partial charge in [0.1, 0.15) is 17.4 Å². The van der Waals surface area contributed by atoms with Crippen LogP contribution >= 0.6 is 11.8 Å². The Bertz CT molecular complexity index is 630. The zero-order chi connectivity index (χ0) is 14.8. The van der Waals surface area contributed by atoms with Gasteiger partial charge in [-0.3, -0.25) is 0 Å². The molecule has 4 rings (SSSR count). The largest absolute Gasteiger partial charge is 0.370 e. The average Bonchev–Trinajstić information content (AvgIpc) is 2.95. The summed E-state index contributed by atoms with van der Waals surface area (Å²) in [7, 11) is 0. The number of aromatic nitrogens is 3. The van der Waals surface area contributed by atoms with Crippen molar-refractivity contribution >= 4 is 22.9 Å². The number of hydrogen-bond donors (Lipinski definition) is 0. The van der Waals surface area contributed by atoms with Gasteiger partial charge in [0.2, 0.25) is 0 Å². The van der Waals surface area contributed by atoms with Crippen molar-refractivity contribution in [3.63, 3.8) is 0 Å². The van der Waals surface area contributed by atoms with Crippen LogP contribution in [0.1, 0.15) is 50.5 Å². The Morgan fingerprint density at radius 1 is 1.23 bits per heavy atom. The summed E-state index contributed by atoms with van der Waals surface area (Å²) in [6.45, 7) is 1.88. The van der Waals surface area contributed by atoms with E-state index >= 15 is 0 Å². The van der Waals surface area contributed by atoms with Gasteiger partial charge in [-0.2, -0.15) is 11.8 Å². The highest BCUT2D eigenvalue weighted by molar-refractivity contribution is 7.99. The van der Waals surface area contributed by atoms with Crippen molar-refractivity contribution in [3.05, 3.63) is 24.2 Å². The summed E-state index contributed by atoms with van der Waals surface area (Å²) in [5.41, 5.74) is 2.03. The second-order valence-corrected chi connectivity index (χ2v) is 7.68. The van der Waals surface area contributed by atoms with Crippen molar-refractivity contribution in [1.82, 2.24) is 14.5 Å². The van der Waals surface area contributed by atoms with Crippen LogP contribution in [-0.2, 0) is 11.3 Å². The summed E-state index contributed by atoms with van der Waals surface area (Å²) in [5.74, 6) is 2.39. The van der Waals surface area contributed by atoms with Gasteiger partial charge in [0.25, 0.3) is 0 Å². The molecular weight excluding hydrogens is 294 g/mol. The lowest BCUT2D eigenvalue weighted by molar-refractivity contribution is 0.00758. The molecule has 2 aliphatic heterocycles. The van der Waals surface area contributed by atoms with Gasteiger partial charge in [-0.1, -0.05) is 6.42 Å². The molecule has 4 heterocycles. The van der Waals surface area contributed by atoms with Crippen LogP contribution in [0.2, 0.25) is 0 Å². The minimum absolute atomic E-state index is 0.150. The van der Waals surface area contributed by atoms with Crippen molar-refractivity contribution in [2.75, 3.05) is 12.4 Å². The topological polar surface area (TPSA) is 39.9 Å². The molecule has 0 radical (unpaired) electrons. The first-order chi connectivity index (χ1) is 10.9. The lowest BCUT2D eigenvalue weighted by Gasteiger charge is -2.26. The second-order valence-electron chi connectivity index (χ2n) is 6.27. The van der Waals surface area contributed by atoms with Crippen LogP contribution in [0.5, 0.6) is 0 Å². The van der Waals surface area contributed by atoms with Gasteiger partial charge >= 0.3 is 0 Å². The summed E-state index contributed by atoms with van der Waals surface area (Å²) >= 11 is 2.11. The number of rotatable bonds is 3. The monoisotopic (exact) mass is 317 g/mol. The van der Waals surface area contributed by atoms with Gasteiger partial charge < -0.3 is 9.30 Å². The van der Waals surface area contributed by atoms with Crippen LogP contribution in [0.4, 0.5) is 0 Å². The van der Waals surface area contributed by atoms with E-state index in [0.717, 1.165) is 36.6 Å². The lowest BCUT2D eigenvalue weighted by atomic mass is 10.1. The van der Waals surface area contributed by atoms with Crippen LogP contribution in [-0.4, -0.2) is 32.1 Å². The van der Waals surface area contributed by atoms with Crippen LogP contribution in [0.25, 0.3) is 11.2 Å². The van der Waals surface area contributed by atoms with E-state index in [1.807, 2.05) is 12.3 Å². The molecule has 0 aromatic carbocycles. The standard InChI is InChI=1S/C17H23N3OS/c1-3-10-21-15(8-1)17-19-14-7-5-9-18-16(14)20(17)12-13-6-2-4-11-22-13/h5,7,9,13,15H,1-4,6,8,10-12H2. The van der Waals surface area contributed by atoms with E-state index in [4.69, 9.17) is 9.72 Å². The zero-order valence-corrected chi connectivity index (χ0v) is 13.7. The number of fused-ring (bicyclic) bond motifs is 1.